The molecule has 0 aliphatic rings. The van der Waals surface area contributed by atoms with Crippen LogP contribution in [0.15, 0.2) is 0 Å². The van der Waals surface area contributed by atoms with E-state index in [2.05, 4.69) is 5.32 Å². The number of esters is 1. The number of ether oxygens (including phenoxy) is 1. The van der Waals surface area contributed by atoms with Crippen LogP contribution in [0.2, 0.25) is 0 Å². The number of aliphatic carboxylic acids is 1. The highest BCUT2D eigenvalue weighted by Gasteiger charge is 2.27. The Labute approximate surface area is 130 Å². The van der Waals surface area contributed by atoms with Gasteiger partial charge in [-0.3, -0.25) is 9.59 Å². The van der Waals surface area contributed by atoms with Crippen molar-refractivity contribution in [2.75, 3.05) is 5.75 Å². The third-order valence-electron chi connectivity index (χ3n) is 2.06. The maximum absolute atomic E-state index is 11.7. The Hall–Kier alpha value is -1.24. The van der Waals surface area contributed by atoms with Gasteiger partial charge in [-0.2, -0.15) is 0 Å². The molecule has 0 aliphatic heterocycles. The highest BCUT2D eigenvalue weighted by molar-refractivity contribution is 8.01. The van der Waals surface area contributed by atoms with Crippen molar-refractivity contribution in [2.24, 2.45) is 0 Å². The van der Waals surface area contributed by atoms with Crippen LogP contribution in [-0.2, 0) is 19.1 Å². The van der Waals surface area contributed by atoms with Crippen LogP contribution in [-0.4, -0.2) is 45.1 Å². The van der Waals surface area contributed by atoms with Crippen LogP contribution in [0.3, 0.4) is 0 Å². The van der Waals surface area contributed by atoms with E-state index < -0.39 is 35.9 Å². The second-order valence-electron chi connectivity index (χ2n) is 6.65. The number of rotatable bonds is 6. The second kappa shape index (κ2) is 7.68. The molecular weight excluding hydrogens is 294 g/mol. The molecule has 0 rings (SSSR count). The number of nitrogens with one attached hydrogen (secondary N) is 1. The first-order valence-electron chi connectivity index (χ1n) is 6.68. The van der Waals surface area contributed by atoms with Crippen LogP contribution in [0, 0.1) is 0 Å². The Morgan fingerprint density at radius 2 is 1.67 bits per heavy atom. The molecule has 0 saturated heterocycles. The molecule has 6 nitrogen and oxygen atoms in total. The van der Waals surface area contributed by atoms with E-state index in [-0.39, 0.29) is 10.5 Å². The number of carbonyl (C=O) groups is 3. The predicted molar refractivity (Wildman–Crippen MR) is 82.2 cm³/mol. The number of hydrogen-bond donors (Lipinski definition) is 2. The van der Waals surface area contributed by atoms with Gasteiger partial charge in [0.2, 0.25) is 5.91 Å². The summed E-state index contributed by atoms with van der Waals surface area (Å²) in [6.07, 6.45) is -0.390. The van der Waals surface area contributed by atoms with E-state index in [4.69, 9.17) is 9.84 Å². The Morgan fingerprint density at radius 3 is 2.05 bits per heavy atom. The van der Waals surface area contributed by atoms with E-state index in [1.165, 1.54) is 11.8 Å². The highest BCUT2D eigenvalue weighted by atomic mass is 32.2. The normalized spacial score (nSPS) is 13.4. The molecule has 122 valence electrons. The van der Waals surface area contributed by atoms with Gasteiger partial charge in [-0.1, -0.05) is 20.8 Å². The van der Waals surface area contributed by atoms with Crippen LogP contribution in [0.25, 0.3) is 0 Å². The molecule has 0 radical (unpaired) electrons. The van der Waals surface area contributed by atoms with Gasteiger partial charge < -0.3 is 15.2 Å². The standard InChI is InChI=1S/C14H25NO5S/c1-13(2,3)20-11(17)7-9(12(18)19)15-10(16)8-21-14(4,5)6/h9H,7-8H2,1-6H3,(H,15,16)(H,18,19)/t9-/m0/s1. The summed E-state index contributed by atoms with van der Waals surface area (Å²) in [7, 11) is 0. The number of carboxylic acids is 1. The van der Waals surface area contributed by atoms with Gasteiger partial charge in [0.15, 0.2) is 0 Å². The molecule has 2 N–H and O–H groups in total. The van der Waals surface area contributed by atoms with Crippen molar-refractivity contribution >= 4 is 29.6 Å². The smallest absolute Gasteiger partial charge is 0.326 e. The maximum Gasteiger partial charge on any atom is 0.326 e. The summed E-state index contributed by atoms with van der Waals surface area (Å²) in [6.45, 7) is 11.0. The fourth-order valence-electron chi connectivity index (χ4n) is 1.27. The number of carbonyl (C=O) groups excluding carboxylic acids is 2. The number of hydrogen-bond acceptors (Lipinski definition) is 5. The summed E-state index contributed by atoms with van der Waals surface area (Å²) < 4.78 is 4.96. The minimum atomic E-state index is -1.27. The van der Waals surface area contributed by atoms with Crippen LogP contribution in [0.1, 0.15) is 48.0 Å². The van der Waals surface area contributed by atoms with Crippen LogP contribution >= 0.6 is 11.8 Å². The Balaban J connectivity index is 4.47. The van der Waals surface area contributed by atoms with Crippen LogP contribution in [0.5, 0.6) is 0 Å². The van der Waals surface area contributed by atoms with E-state index in [9.17, 15) is 14.4 Å². The Bertz CT molecular complexity index is 395. The highest BCUT2D eigenvalue weighted by Crippen LogP contribution is 2.22. The molecule has 0 aromatic rings. The monoisotopic (exact) mass is 319 g/mol. The lowest BCUT2D eigenvalue weighted by Gasteiger charge is -2.22. The Kier molecular flexibility index (Phi) is 7.23. The molecule has 0 aromatic heterocycles. The van der Waals surface area contributed by atoms with E-state index in [0.29, 0.717) is 0 Å². The van der Waals surface area contributed by atoms with Crippen molar-refractivity contribution in [3.8, 4) is 0 Å². The largest absolute Gasteiger partial charge is 0.480 e. The molecule has 21 heavy (non-hydrogen) atoms. The third-order valence-corrected chi connectivity index (χ3v) is 3.33. The molecule has 7 heteroatoms. The first-order valence-corrected chi connectivity index (χ1v) is 7.67. The van der Waals surface area contributed by atoms with Gasteiger partial charge in [0.25, 0.3) is 0 Å². The average Bonchev–Trinajstić information content (AvgIpc) is 2.21. The van der Waals surface area contributed by atoms with Gasteiger partial charge in [0, 0.05) is 4.75 Å². The average molecular weight is 319 g/mol. The van der Waals surface area contributed by atoms with Gasteiger partial charge in [-0.05, 0) is 20.8 Å². The molecule has 1 amide bonds. The molecule has 0 bridgehead atoms. The quantitative estimate of drug-likeness (QED) is 0.725. The molecule has 1 atom stereocenters. The minimum Gasteiger partial charge on any atom is -0.480 e. The van der Waals surface area contributed by atoms with Crippen molar-refractivity contribution in [1.29, 1.82) is 0 Å². The predicted octanol–water partition coefficient (Wildman–Crippen LogP) is 1.82. The van der Waals surface area contributed by atoms with E-state index in [1.54, 1.807) is 20.8 Å². The zero-order valence-electron chi connectivity index (χ0n) is 13.5. The van der Waals surface area contributed by atoms with Gasteiger partial charge in [-0.25, -0.2) is 4.79 Å². The zero-order valence-corrected chi connectivity index (χ0v) is 14.3. The molecule has 0 aliphatic carbocycles. The third kappa shape index (κ3) is 11.1. The lowest BCUT2D eigenvalue weighted by molar-refractivity contribution is -0.158. The maximum atomic E-state index is 11.7. The minimum absolute atomic E-state index is 0.0960. The molecular formula is C14H25NO5S. The van der Waals surface area contributed by atoms with Gasteiger partial charge >= 0.3 is 11.9 Å². The second-order valence-corrected chi connectivity index (χ2v) is 8.45. The molecule has 0 heterocycles. The van der Waals surface area contributed by atoms with Crippen molar-refractivity contribution in [2.45, 2.75) is 64.4 Å². The first kappa shape index (κ1) is 19.8. The van der Waals surface area contributed by atoms with Crippen LogP contribution in [0.4, 0.5) is 0 Å². The lowest BCUT2D eigenvalue weighted by Crippen LogP contribution is -2.44. The number of amides is 1. The summed E-state index contributed by atoms with van der Waals surface area (Å²) >= 11 is 1.40. The Morgan fingerprint density at radius 1 is 1.14 bits per heavy atom. The van der Waals surface area contributed by atoms with E-state index in [1.807, 2.05) is 20.8 Å². The summed E-state index contributed by atoms with van der Waals surface area (Å²) in [5.41, 5.74) is -0.688. The summed E-state index contributed by atoms with van der Waals surface area (Å²) in [5, 5.41) is 11.4. The van der Waals surface area contributed by atoms with Crippen molar-refractivity contribution in [3.63, 3.8) is 0 Å². The first-order chi connectivity index (χ1) is 9.30. The molecule has 0 saturated carbocycles. The summed E-state index contributed by atoms with van der Waals surface area (Å²) in [4.78, 5) is 34.5. The summed E-state index contributed by atoms with van der Waals surface area (Å²) in [5.74, 6) is -2.18. The zero-order chi connectivity index (χ0) is 16.8. The van der Waals surface area contributed by atoms with Crippen molar-refractivity contribution in [1.82, 2.24) is 5.32 Å². The SMILES string of the molecule is CC(C)(C)OC(=O)C[C@H](NC(=O)CSC(C)(C)C)C(=O)O. The number of thioether (sulfide) groups is 1. The van der Waals surface area contributed by atoms with Crippen LogP contribution < -0.4 is 5.32 Å². The number of carboxylic acid groups (broad SMARTS) is 1. The fraction of sp³-hybridized carbons (Fsp3) is 0.786. The van der Waals surface area contributed by atoms with Crippen molar-refractivity contribution in [3.05, 3.63) is 0 Å². The topological polar surface area (TPSA) is 92.7 Å². The molecule has 0 spiro atoms. The van der Waals surface area contributed by atoms with Gasteiger partial charge in [-0.15, -0.1) is 11.8 Å². The lowest BCUT2D eigenvalue weighted by atomic mass is 10.1. The van der Waals surface area contributed by atoms with Crippen molar-refractivity contribution < 1.29 is 24.2 Å². The van der Waals surface area contributed by atoms with E-state index >= 15 is 0 Å². The summed E-state index contributed by atoms with van der Waals surface area (Å²) in [6, 6.07) is -1.27. The van der Waals surface area contributed by atoms with Gasteiger partial charge in [0.05, 0.1) is 12.2 Å². The molecule has 0 aromatic carbocycles. The van der Waals surface area contributed by atoms with Gasteiger partial charge in [0.1, 0.15) is 11.6 Å². The molecule has 0 unspecified atom stereocenters. The molecule has 0 fully saturated rings. The van der Waals surface area contributed by atoms with E-state index in [0.717, 1.165) is 0 Å². The fourth-order valence-corrected chi connectivity index (χ4v) is 1.92.